The third kappa shape index (κ3) is 5.42. The lowest BCUT2D eigenvalue weighted by molar-refractivity contribution is 0.102. The van der Waals surface area contributed by atoms with E-state index in [0.717, 1.165) is 24.5 Å². The molecule has 0 radical (unpaired) electrons. The number of rotatable bonds is 8. The van der Waals surface area contributed by atoms with Crippen LogP contribution in [0.15, 0.2) is 41.3 Å². The number of aryl methyl sites for hydroxylation is 2. The van der Waals surface area contributed by atoms with Crippen LogP contribution in [0.5, 0.6) is 0 Å². The van der Waals surface area contributed by atoms with Gasteiger partial charge in [-0.3, -0.25) is 4.79 Å². The minimum atomic E-state index is -4.02. The second kappa shape index (κ2) is 9.50. The van der Waals surface area contributed by atoms with Gasteiger partial charge in [0.25, 0.3) is 5.91 Å². The van der Waals surface area contributed by atoms with Crippen LogP contribution in [0.4, 0.5) is 10.1 Å². The monoisotopic (exact) mass is 420 g/mol. The van der Waals surface area contributed by atoms with Crippen LogP contribution < -0.4 is 10.0 Å². The van der Waals surface area contributed by atoms with Crippen LogP contribution in [-0.2, 0) is 10.0 Å². The Kier molecular flexibility index (Phi) is 7.54. The van der Waals surface area contributed by atoms with E-state index < -0.39 is 20.7 Å². The highest BCUT2D eigenvalue weighted by atomic mass is 32.2. The maximum Gasteiger partial charge on any atom is 0.255 e. The molecule has 29 heavy (non-hydrogen) atoms. The fourth-order valence-electron chi connectivity index (χ4n) is 3.41. The summed E-state index contributed by atoms with van der Waals surface area (Å²) in [7, 11) is -4.02. The standard InChI is InChI=1S/C22H29FN2O3S/c1-6-17(7-2)16(5)25-29(27,28)21-12-15(4)20(13-19(21)23)24-22(26)18-11-9-8-10-14(18)3/h8-13,16-17,25H,6-7H2,1-5H3,(H,24,26)/t16-/m0/s1. The molecule has 0 aromatic heterocycles. The lowest BCUT2D eigenvalue weighted by atomic mass is 9.96. The van der Waals surface area contributed by atoms with Crippen LogP contribution in [-0.4, -0.2) is 20.4 Å². The molecular weight excluding hydrogens is 391 g/mol. The van der Waals surface area contributed by atoms with Crippen molar-refractivity contribution in [1.29, 1.82) is 0 Å². The van der Waals surface area contributed by atoms with E-state index in [1.165, 1.54) is 6.07 Å². The Labute approximate surface area is 172 Å². The van der Waals surface area contributed by atoms with E-state index in [9.17, 15) is 17.6 Å². The summed E-state index contributed by atoms with van der Waals surface area (Å²) < 4.78 is 42.7. The van der Waals surface area contributed by atoms with Crippen molar-refractivity contribution < 1.29 is 17.6 Å². The molecule has 7 heteroatoms. The molecule has 0 heterocycles. The predicted molar refractivity (Wildman–Crippen MR) is 114 cm³/mol. The van der Waals surface area contributed by atoms with Gasteiger partial charge >= 0.3 is 0 Å². The minimum absolute atomic E-state index is 0.168. The summed E-state index contributed by atoms with van der Waals surface area (Å²) in [5, 5.41) is 2.67. The molecule has 0 aliphatic rings. The normalized spacial score (nSPS) is 12.8. The van der Waals surface area contributed by atoms with Gasteiger partial charge in [0.1, 0.15) is 10.7 Å². The Morgan fingerprint density at radius 3 is 2.28 bits per heavy atom. The summed E-state index contributed by atoms with van der Waals surface area (Å²) >= 11 is 0. The molecule has 0 bridgehead atoms. The van der Waals surface area contributed by atoms with Gasteiger partial charge in [0.05, 0.1) is 0 Å². The quantitative estimate of drug-likeness (QED) is 0.644. The molecule has 2 aromatic carbocycles. The highest BCUT2D eigenvalue weighted by Crippen LogP contribution is 2.25. The first-order valence-electron chi connectivity index (χ1n) is 9.80. The third-order valence-corrected chi connectivity index (χ3v) is 6.88. The number of benzene rings is 2. The van der Waals surface area contributed by atoms with Crippen LogP contribution in [0.3, 0.4) is 0 Å². The van der Waals surface area contributed by atoms with Crippen LogP contribution in [0, 0.1) is 25.6 Å². The predicted octanol–water partition coefficient (Wildman–Crippen LogP) is 4.80. The van der Waals surface area contributed by atoms with Crippen molar-refractivity contribution >= 4 is 21.6 Å². The topological polar surface area (TPSA) is 75.3 Å². The van der Waals surface area contributed by atoms with Crippen molar-refractivity contribution in [2.24, 2.45) is 5.92 Å². The molecule has 0 aliphatic carbocycles. The molecule has 0 saturated heterocycles. The smallest absolute Gasteiger partial charge is 0.255 e. The second-order valence-electron chi connectivity index (χ2n) is 7.35. The highest BCUT2D eigenvalue weighted by Gasteiger charge is 2.26. The Balaban J connectivity index is 2.29. The molecule has 5 nitrogen and oxygen atoms in total. The number of hydrogen-bond donors (Lipinski definition) is 2. The lowest BCUT2D eigenvalue weighted by Crippen LogP contribution is -2.38. The molecule has 0 unspecified atom stereocenters. The Morgan fingerprint density at radius 1 is 1.07 bits per heavy atom. The number of carbonyl (C=O) groups is 1. The van der Waals surface area contributed by atoms with Crippen molar-refractivity contribution in [1.82, 2.24) is 4.72 Å². The maximum atomic E-state index is 14.7. The molecular formula is C22H29FN2O3S. The first kappa shape index (κ1) is 23.0. The number of anilines is 1. The summed E-state index contributed by atoms with van der Waals surface area (Å²) in [4.78, 5) is 12.1. The van der Waals surface area contributed by atoms with Crippen molar-refractivity contribution in [3.63, 3.8) is 0 Å². The average molecular weight is 421 g/mol. The van der Waals surface area contributed by atoms with Gasteiger partial charge in [-0.15, -0.1) is 0 Å². The van der Waals surface area contributed by atoms with E-state index in [-0.39, 0.29) is 23.6 Å². The van der Waals surface area contributed by atoms with E-state index in [1.54, 1.807) is 26.0 Å². The molecule has 2 N–H and O–H groups in total. The molecule has 0 fully saturated rings. The van der Waals surface area contributed by atoms with Gasteiger partial charge in [-0.1, -0.05) is 44.9 Å². The Hall–Kier alpha value is -2.25. The summed E-state index contributed by atoms with van der Waals surface area (Å²) in [6.07, 6.45) is 1.65. The van der Waals surface area contributed by atoms with Gasteiger partial charge in [0.15, 0.2) is 0 Å². The lowest BCUT2D eigenvalue weighted by Gasteiger charge is -2.22. The summed E-state index contributed by atoms with van der Waals surface area (Å²) in [5.41, 5.74) is 1.97. The van der Waals surface area contributed by atoms with Crippen molar-refractivity contribution in [3.05, 3.63) is 58.9 Å². The number of amides is 1. The van der Waals surface area contributed by atoms with Gasteiger partial charge in [-0.05, 0) is 56.0 Å². The molecule has 2 aromatic rings. The molecule has 0 aliphatic heterocycles. The first-order valence-corrected chi connectivity index (χ1v) is 11.3. The maximum absolute atomic E-state index is 14.7. The van der Waals surface area contributed by atoms with Crippen LogP contribution in [0.2, 0.25) is 0 Å². The molecule has 158 valence electrons. The highest BCUT2D eigenvalue weighted by molar-refractivity contribution is 7.89. The van der Waals surface area contributed by atoms with E-state index in [1.807, 2.05) is 32.9 Å². The Morgan fingerprint density at radius 2 is 1.69 bits per heavy atom. The van der Waals surface area contributed by atoms with Gasteiger partial charge in [-0.25, -0.2) is 17.5 Å². The van der Waals surface area contributed by atoms with Gasteiger partial charge in [0.2, 0.25) is 10.0 Å². The van der Waals surface area contributed by atoms with Gasteiger partial charge < -0.3 is 5.32 Å². The number of carbonyl (C=O) groups excluding carboxylic acids is 1. The number of sulfonamides is 1. The van der Waals surface area contributed by atoms with Gasteiger partial charge in [0, 0.05) is 17.3 Å². The molecule has 2 rings (SSSR count). The average Bonchev–Trinajstić information content (AvgIpc) is 2.65. The summed E-state index contributed by atoms with van der Waals surface area (Å²) in [5.74, 6) is -1.11. The Bertz CT molecular complexity index is 986. The minimum Gasteiger partial charge on any atom is -0.322 e. The second-order valence-corrected chi connectivity index (χ2v) is 9.04. The SMILES string of the molecule is CCC(CC)[C@H](C)NS(=O)(=O)c1cc(C)c(NC(=O)c2ccccc2C)cc1F. The fraction of sp³-hybridized carbons (Fsp3) is 0.409. The zero-order valence-electron chi connectivity index (χ0n) is 17.5. The number of halogens is 1. The van der Waals surface area contributed by atoms with E-state index in [4.69, 9.17) is 0 Å². The number of nitrogens with one attached hydrogen (secondary N) is 2. The molecule has 0 saturated carbocycles. The van der Waals surface area contributed by atoms with Crippen molar-refractivity contribution in [2.75, 3.05) is 5.32 Å². The fourth-order valence-corrected chi connectivity index (χ4v) is 4.87. The summed E-state index contributed by atoms with van der Waals surface area (Å²) in [6.45, 7) is 9.23. The van der Waals surface area contributed by atoms with Crippen LogP contribution in [0.1, 0.15) is 55.1 Å². The van der Waals surface area contributed by atoms with Crippen LogP contribution in [0.25, 0.3) is 0 Å². The molecule has 1 atom stereocenters. The van der Waals surface area contributed by atoms with E-state index in [0.29, 0.717) is 11.1 Å². The van der Waals surface area contributed by atoms with Crippen molar-refractivity contribution in [2.45, 2.75) is 58.4 Å². The van der Waals surface area contributed by atoms with Crippen molar-refractivity contribution in [3.8, 4) is 0 Å². The van der Waals surface area contributed by atoms with E-state index in [2.05, 4.69) is 10.0 Å². The summed E-state index contributed by atoms with van der Waals surface area (Å²) in [6, 6.07) is 9.06. The van der Waals surface area contributed by atoms with Gasteiger partial charge in [-0.2, -0.15) is 0 Å². The van der Waals surface area contributed by atoms with E-state index >= 15 is 0 Å². The van der Waals surface area contributed by atoms with Crippen LogP contribution >= 0.6 is 0 Å². The zero-order valence-corrected chi connectivity index (χ0v) is 18.4. The molecule has 0 spiro atoms. The number of hydrogen-bond acceptors (Lipinski definition) is 3. The third-order valence-electron chi connectivity index (χ3n) is 5.30. The zero-order chi connectivity index (χ0) is 21.8. The molecule has 1 amide bonds. The largest absolute Gasteiger partial charge is 0.322 e. The first-order chi connectivity index (χ1) is 13.6.